The van der Waals surface area contributed by atoms with E-state index in [2.05, 4.69) is 18.0 Å². The topological polar surface area (TPSA) is 121 Å². The summed E-state index contributed by atoms with van der Waals surface area (Å²) < 4.78 is 22.3. The molecule has 0 bridgehead atoms. The van der Waals surface area contributed by atoms with Gasteiger partial charge in [0.15, 0.2) is 0 Å². The molecule has 2 aromatic carbocycles. The van der Waals surface area contributed by atoms with Crippen LogP contribution in [-0.4, -0.2) is 71.2 Å². The van der Waals surface area contributed by atoms with Crippen LogP contribution in [0.25, 0.3) is 0 Å². The van der Waals surface area contributed by atoms with E-state index in [-0.39, 0.29) is 31.3 Å². The van der Waals surface area contributed by atoms with Crippen LogP contribution in [0.5, 0.6) is 0 Å². The van der Waals surface area contributed by atoms with E-state index in [4.69, 9.17) is 74.5 Å². The molecule has 2 N–H and O–H groups in total. The third-order valence-electron chi connectivity index (χ3n) is 5.63. The highest BCUT2D eigenvalue weighted by Crippen LogP contribution is 2.46. The SMILES string of the molecule is C.C.C=C[Si](C)(OCC)OCC.CCO[Si](C)(OCC)C1CC1.ClCCl.O=C(O)c1cccc(Cl)c1.O=C(OO)c1cccc(Cl)c1. The predicted octanol–water partition coefficient (Wildman–Crippen LogP) is 10.9. The molecule has 0 saturated heterocycles. The molecule has 1 aliphatic rings. The van der Waals surface area contributed by atoms with Crippen LogP contribution >= 0.6 is 46.4 Å². The van der Waals surface area contributed by atoms with E-state index in [9.17, 15) is 9.59 Å². The van der Waals surface area contributed by atoms with Gasteiger partial charge in [-0.3, -0.25) is 4.89 Å². The lowest BCUT2D eigenvalue weighted by Crippen LogP contribution is -2.39. The second kappa shape index (κ2) is 30.6. The van der Waals surface area contributed by atoms with Crippen LogP contribution in [0.3, 0.4) is 0 Å². The van der Waals surface area contributed by atoms with Gasteiger partial charge in [0.2, 0.25) is 0 Å². The molecule has 0 unspecified atom stereocenters. The Morgan fingerprint density at radius 2 is 1.21 bits per heavy atom. The maximum atomic E-state index is 10.6. The van der Waals surface area contributed by atoms with Crippen LogP contribution in [0.4, 0.5) is 0 Å². The Labute approximate surface area is 304 Å². The van der Waals surface area contributed by atoms with Gasteiger partial charge in [-0.2, -0.15) is 5.26 Å². The second-order valence-corrected chi connectivity index (χ2v) is 17.2. The van der Waals surface area contributed by atoms with Crippen molar-refractivity contribution in [1.82, 2.24) is 0 Å². The highest BCUT2D eigenvalue weighted by molar-refractivity contribution is 6.71. The minimum atomic E-state index is -1.96. The average Bonchev–Trinajstić information content (AvgIpc) is 3.85. The van der Waals surface area contributed by atoms with Crippen molar-refractivity contribution in [2.75, 3.05) is 31.8 Å². The highest BCUT2D eigenvalue weighted by atomic mass is 35.5. The maximum Gasteiger partial charge on any atom is 0.372 e. The van der Waals surface area contributed by atoms with E-state index >= 15 is 0 Å². The summed E-state index contributed by atoms with van der Waals surface area (Å²) in [5, 5.41) is 17.5. The minimum Gasteiger partial charge on any atom is -0.478 e. The first-order chi connectivity index (χ1) is 21.3. The quantitative estimate of drug-likeness (QED) is 0.0938. The maximum absolute atomic E-state index is 10.6. The number of benzene rings is 2. The molecule has 47 heavy (non-hydrogen) atoms. The summed E-state index contributed by atoms with van der Waals surface area (Å²) >= 11 is 20.6. The molecule has 0 aliphatic heterocycles. The smallest absolute Gasteiger partial charge is 0.372 e. The lowest BCUT2D eigenvalue weighted by molar-refractivity contribution is -0.182. The monoisotopic (exact) mass is 778 g/mol. The summed E-state index contributed by atoms with van der Waals surface area (Å²) in [5.41, 5.74) is 3.02. The van der Waals surface area contributed by atoms with Crippen LogP contribution in [-0.2, 0) is 22.6 Å². The van der Waals surface area contributed by atoms with Gasteiger partial charge in [0.05, 0.1) is 16.5 Å². The fraction of sp³-hybridized carbons (Fsp3) is 0.500. The Morgan fingerprint density at radius 3 is 1.49 bits per heavy atom. The molecular formula is C32H54Cl4O9Si2. The Morgan fingerprint density at radius 1 is 0.830 bits per heavy atom. The van der Waals surface area contributed by atoms with E-state index in [0.717, 1.165) is 18.8 Å². The van der Waals surface area contributed by atoms with E-state index < -0.39 is 29.1 Å². The molecule has 0 radical (unpaired) electrons. The lowest BCUT2D eigenvalue weighted by atomic mass is 10.2. The van der Waals surface area contributed by atoms with Crippen molar-refractivity contribution in [1.29, 1.82) is 0 Å². The van der Waals surface area contributed by atoms with E-state index in [1.165, 1.54) is 37.1 Å². The number of hydrogen-bond donors (Lipinski definition) is 2. The summed E-state index contributed by atoms with van der Waals surface area (Å²) in [4.78, 5) is 24.4. The molecule has 0 aromatic heterocycles. The second-order valence-electron chi connectivity index (χ2n) is 9.05. The van der Waals surface area contributed by atoms with Crippen LogP contribution in [0.1, 0.15) is 76.1 Å². The molecule has 1 fully saturated rings. The van der Waals surface area contributed by atoms with Gasteiger partial charge in [0.25, 0.3) is 0 Å². The van der Waals surface area contributed by atoms with E-state index in [1.807, 2.05) is 34.2 Å². The van der Waals surface area contributed by atoms with Gasteiger partial charge >= 0.3 is 29.1 Å². The van der Waals surface area contributed by atoms with Gasteiger partial charge in [-0.05, 0) is 95.7 Å². The average molecular weight is 781 g/mol. The highest BCUT2D eigenvalue weighted by Gasteiger charge is 2.47. The third kappa shape index (κ3) is 25.2. The standard InChI is InChI=1S/C8H18O2Si.C7H5ClO3.C7H5ClO2.C7H16O2Si.CH2Cl2.2CH4/c1-4-9-11(3,10-5-2)8-6-7-8;8-6-3-1-2-5(4-6)7(9)11-10;8-6-3-1-2-5(4-6)7(9)10;1-5-8-10(4,7-3)9-6-2;2-1-3;;/h8H,4-7H2,1-3H3;1-4,10H;1-4H,(H,9,10);7H,3,5-6H2,1-2,4H3;1H2;2*1H4. The van der Waals surface area contributed by atoms with Crippen molar-refractivity contribution >= 4 is 75.5 Å². The van der Waals surface area contributed by atoms with Crippen LogP contribution in [0, 0.1) is 0 Å². The number of hydrogen-bond acceptors (Lipinski definition) is 8. The molecule has 15 heteroatoms. The molecule has 0 atom stereocenters. The Balaban J connectivity index is -0.000000252. The zero-order chi connectivity index (χ0) is 34.9. The zero-order valence-electron chi connectivity index (χ0n) is 26.7. The largest absolute Gasteiger partial charge is 0.478 e. The molecule has 0 amide bonds. The molecule has 1 saturated carbocycles. The zero-order valence-corrected chi connectivity index (χ0v) is 31.7. The first-order valence-electron chi connectivity index (χ1n) is 14.2. The first kappa shape index (κ1) is 52.3. The van der Waals surface area contributed by atoms with Crippen LogP contribution in [0.15, 0.2) is 60.8 Å². The molecule has 0 heterocycles. The number of carbonyl (C=O) groups excluding carboxylic acids is 1. The first-order valence-corrected chi connectivity index (χ1v) is 20.8. The van der Waals surface area contributed by atoms with Gasteiger partial charge in [0, 0.05) is 42.0 Å². The normalized spacial score (nSPS) is 11.4. The van der Waals surface area contributed by atoms with Crippen molar-refractivity contribution in [3.05, 3.63) is 82.0 Å². The van der Waals surface area contributed by atoms with Crippen molar-refractivity contribution in [3.63, 3.8) is 0 Å². The molecule has 9 nitrogen and oxygen atoms in total. The van der Waals surface area contributed by atoms with Gasteiger partial charge in [-0.25, -0.2) is 9.59 Å². The Kier molecular flexibility index (Phi) is 34.0. The number of carboxylic acids is 1. The predicted molar refractivity (Wildman–Crippen MR) is 201 cm³/mol. The molecule has 3 rings (SSSR count). The Bertz CT molecular complexity index is 1100. The number of carbonyl (C=O) groups is 2. The summed E-state index contributed by atoms with van der Waals surface area (Å²) in [5.74, 6) is -1.77. The summed E-state index contributed by atoms with van der Waals surface area (Å²) in [7, 11) is -3.68. The van der Waals surface area contributed by atoms with Gasteiger partial charge < -0.3 is 22.8 Å². The van der Waals surface area contributed by atoms with Gasteiger partial charge in [-0.15, -0.1) is 29.8 Å². The number of aromatic carboxylic acids is 1. The van der Waals surface area contributed by atoms with E-state index in [1.54, 1.807) is 30.0 Å². The third-order valence-corrected chi connectivity index (χ3v) is 12.3. The summed E-state index contributed by atoms with van der Waals surface area (Å²) in [6.45, 7) is 18.9. The number of rotatable bonds is 12. The van der Waals surface area contributed by atoms with Gasteiger partial charge in [0.1, 0.15) is 0 Å². The summed E-state index contributed by atoms with van der Waals surface area (Å²) in [6, 6.07) is 12.2. The van der Waals surface area contributed by atoms with Crippen molar-refractivity contribution < 1.29 is 42.5 Å². The van der Waals surface area contributed by atoms with Gasteiger partial charge in [-0.1, -0.05) is 50.2 Å². The van der Waals surface area contributed by atoms with Crippen molar-refractivity contribution in [2.24, 2.45) is 0 Å². The molecule has 2 aromatic rings. The van der Waals surface area contributed by atoms with Crippen molar-refractivity contribution in [2.45, 2.75) is 74.0 Å². The molecule has 272 valence electrons. The molecule has 0 spiro atoms. The fourth-order valence-electron chi connectivity index (χ4n) is 3.48. The molecule has 1 aliphatic carbocycles. The van der Waals surface area contributed by atoms with Crippen LogP contribution < -0.4 is 0 Å². The summed E-state index contributed by atoms with van der Waals surface area (Å²) in [6.07, 6.45) is 2.64. The minimum absolute atomic E-state index is 0. The Hall–Kier alpha value is -1.49. The van der Waals surface area contributed by atoms with Crippen LogP contribution in [0.2, 0.25) is 28.7 Å². The molecular weight excluding hydrogens is 726 g/mol. The van der Waals surface area contributed by atoms with E-state index in [0.29, 0.717) is 23.3 Å². The fourth-order valence-corrected chi connectivity index (χ4v) is 8.24. The lowest BCUT2D eigenvalue weighted by Gasteiger charge is -2.25. The number of halogens is 4. The number of alkyl halides is 2. The number of carboxylic acid groups (broad SMARTS) is 1. The van der Waals surface area contributed by atoms with Crippen molar-refractivity contribution in [3.8, 4) is 0 Å².